The highest BCUT2D eigenvalue weighted by Crippen LogP contribution is 2.24. The Morgan fingerprint density at radius 2 is 2.00 bits per heavy atom. The lowest BCUT2D eigenvalue weighted by Crippen LogP contribution is -2.26. The molecule has 0 radical (unpaired) electrons. The molecule has 1 aromatic heterocycles. The average Bonchev–Trinajstić information content (AvgIpc) is 2.92. The number of nitrogens with zero attached hydrogens (tertiary/aromatic N) is 2. The molecule has 1 aromatic carbocycles. The van der Waals surface area contributed by atoms with Gasteiger partial charge in [0.25, 0.3) is 10.0 Å². The molecule has 0 saturated carbocycles. The minimum atomic E-state index is -3.57. The van der Waals surface area contributed by atoms with Crippen LogP contribution in [0, 0.1) is 0 Å². The number of ether oxygens (including phenoxy) is 1. The Labute approximate surface area is 116 Å². The molecule has 0 unspecified atom stereocenters. The summed E-state index contributed by atoms with van der Waals surface area (Å²) in [6, 6.07) is 6.35. The molecule has 7 heteroatoms. The van der Waals surface area contributed by atoms with Crippen LogP contribution in [-0.4, -0.2) is 27.1 Å². The van der Waals surface area contributed by atoms with Crippen LogP contribution < -0.4 is 9.04 Å². The fourth-order valence-corrected chi connectivity index (χ4v) is 3.49. The number of thiazole rings is 1. The van der Waals surface area contributed by atoms with Gasteiger partial charge in [0, 0.05) is 18.6 Å². The summed E-state index contributed by atoms with van der Waals surface area (Å²) in [5.74, 6) is 0.651. The molecule has 0 bridgehead atoms. The first kappa shape index (κ1) is 13.8. The van der Waals surface area contributed by atoms with Crippen LogP contribution >= 0.6 is 11.3 Å². The molecule has 2 rings (SSSR count). The summed E-state index contributed by atoms with van der Waals surface area (Å²) in [7, 11) is -2.08. The van der Waals surface area contributed by atoms with Gasteiger partial charge in [-0.05, 0) is 31.2 Å². The van der Waals surface area contributed by atoms with E-state index in [1.54, 1.807) is 23.7 Å². The first-order valence-electron chi connectivity index (χ1n) is 5.67. The summed E-state index contributed by atoms with van der Waals surface area (Å²) in [4.78, 5) is 4.21. The Morgan fingerprint density at radius 1 is 1.32 bits per heavy atom. The van der Waals surface area contributed by atoms with Gasteiger partial charge in [0.05, 0.1) is 11.5 Å². The molecule has 0 fully saturated rings. The zero-order chi connectivity index (χ0) is 13.9. The predicted molar refractivity (Wildman–Crippen MR) is 75.3 cm³/mol. The summed E-state index contributed by atoms with van der Waals surface area (Å²) in [5, 5.41) is 2.17. The normalized spacial score (nSPS) is 11.3. The zero-order valence-electron chi connectivity index (χ0n) is 10.6. The van der Waals surface area contributed by atoms with E-state index in [1.807, 2.05) is 6.92 Å². The lowest BCUT2D eigenvalue weighted by atomic mass is 10.3. The summed E-state index contributed by atoms with van der Waals surface area (Å²) in [6.07, 6.45) is 1.57. The maximum absolute atomic E-state index is 12.4. The first-order valence-corrected chi connectivity index (χ1v) is 7.99. The van der Waals surface area contributed by atoms with Crippen LogP contribution in [0.4, 0.5) is 5.13 Å². The molecule has 0 spiro atoms. The average molecular weight is 298 g/mol. The van der Waals surface area contributed by atoms with E-state index in [1.165, 1.54) is 34.8 Å². The highest BCUT2D eigenvalue weighted by atomic mass is 32.2. The number of sulfonamides is 1. The van der Waals surface area contributed by atoms with Crippen molar-refractivity contribution >= 4 is 26.5 Å². The number of aromatic nitrogens is 1. The molecule has 0 saturated heterocycles. The molecule has 1 heterocycles. The lowest BCUT2D eigenvalue weighted by molar-refractivity contribution is 0.340. The third-order valence-corrected chi connectivity index (χ3v) is 5.21. The van der Waals surface area contributed by atoms with Crippen molar-refractivity contribution in [2.75, 3.05) is 18.0 Å². The monoisotopic (exact) mass is 298 g/mol. The van der Waals surface area contributed by atoms with Gasteiger partial charge in [-0.15, -0.1) is 11.3 Å². The fraction of sp³-hybridized carbons (Fsp3) is 0.250. The van der Waals surface area contributed by atoms with E-state index in [9.17, 15) is 8.42 Å². The number of hydrogen-bond acceptors (Lipinski definition) is 5. The molecular weight excluding hydrogens is 284 g/mol. The Morgan fingerprint density at radius 3 is 2.53 bits per heavy atom. The van der Waals surface area contributed by atoms with Crippen molar-refractivity contribution < 1.29 is 13.2 Å². The van der Waals surface area contributed by atoms with Gasteiger partial charge in [-0.1, -0.05) is 0 Å². The quantitative estimate of drug-likeness (QED) is 0.850. The Hall–Kier alpha value is -1.60. The van der Waals surface area contributed by atoms with E-state index >= 15 is 0 Å². The van der Waals surface area contributed by atoms with Crippen molar-refractivity contribution in [1.29, 1.82) is 0 Å². The minimum absolute atomic E-state index is 0.216. The number of benzene rings is 1. The molecule has 0 aliphatic heterocycles. The van der Waals surface area contributed by atoms with E-state index in [0.29, 0.717) is 17.5 Å². The van der Waals surface area contributed by atoms with E-state index in [0.717, 1.165) is 0 Å². The number of hydrogen-bond donors (Lipinski definition) is 0. The molecular formula is C12H14N2O3S2. The number of anilines is 1. The molecule has 5 nitrogen and oxygen atoms in total. The fourth-order valence-electron chi connectivity index (χ4n) is 1.51. The summed E-state index contributed by atoms with van der Waals surface area (Å²) in [6.45, 7) is 2.42. The SMILES string of the molecule is CCOc1ccc(S(=O)(=O)N(C)c2nccs2)cc1. The van der Waals surface area contributed by atoms with Crippen molar-refractivity contribution in [1.82, 2.24) is 4.98 Å². The first-order chi connectivity index (χ1) is 9.05. The molecule has 102 valence electrons. The third-order valence-electron chi connectivity index (χ3n) is 2.48. The van der Waals surface area contributed by atoms with Gasteiger partial charge in [-0.3, -0.25) is 0 Å². The predicted octanol–water partition coefficient (Wildman–Crippen LogP) is 2.37. The van der Waals surface area contributed by atoms with Crippen LogP contribution in [0.2, 0.25) is 0 Å². The lowest BCUT2D eigenvalue weighted by Gasteiger charge is -2.16. The second-order valence-electron chi connectivity index (χ2n) is 3.69. The van der Waals surface area contributed by atoms with Crippen molar-refractivity contribution in [2.45, 2.75) is 11.8 Å². The standard InChI is InChI=1S/C12H14N2O3S2/c1-3-17-10-4-6-11(7-5-10)19(15,16)14(2)12-13-8-9-18-12/h4-9H,3H2,1-2H3. The summed E-state index contributed by atoms with van der Waals surface area (Å²) >= 11 is 1.27. The molecule has 19 heavy (non-hydrogen) atoms. The van der Waals surface area contributed by atoms with Gasteiger partial charge in [0.15, 0.2) is 5.13 Å². The molecule has 0 aliphatic rings. The highest BCUT2D eigenvalue weighted by Gasteiger charge is 2.22. The molecule has 0 N–H and O–H groups in total. The van der Waals surface area contributed by atoms with Crippen LogP contribution in [0.3, 0.4) is 0 Å². The van der Waals surface area contributed by atoms with Crippen molar-refractivity contribution in [3.63, 3.8) is 0 Å². The van der Waals surface area contributed by atoms with Crippen LogP contribution in [-0.2, 0) is 10.0 Å². The minimum Gasteiger partial charge on any atom is -0.494 e. The maximum Gasteiger partial charge on any atom is 0.265 e. The second kappa shape index (κ2) is 5.58. The van der Waals surface area contributed by atoms with Crippen LogP contribution in [0.15, 0.2) is 40.7 Å². The topological polar surface area (TPSA) is 59.5 Å². The Balaban J connectivity index is 2.29. The van der Waals surface area contributed by atoms with Crippen LogP contribution in [0.5, 0.6) is 5.75 Å². The summed E-state index contributed by atoms with van der Waals surface area (Å²) in [5.41, 5.74) is 0. The van der Waals surface area contributed by atoms with Gasteiger partial charge < -0.3 is 4.74 Å². The van der Waals surface area contributed by atoms with E-state index in [4.69, 9.17) is 4.74 Å². The van der Waals surface area contributed by atoms with Gasteiger partial charge in [0.1, 0.15) is 5.75 Å². The van der Waals surface area contributed by atoms with Gasteiger partial charge in [-0.25, -0.2) is 17.7 Å². The van der Waals surface area contributed by atoms with E-state index in [-0.39, 0.29) is 4.90 Å². The van der Waals surface area contributed by atoms with Gasteiger partial charge in [0.2, 0.25) is 0 Å². The summed E-state index contributed by atoms with van der Waals surface area (Å²) < 4.78 is 31.2. The Kier molecular flexibility index (Phi) is 4.06. The van der Waals surface area contributed by atoms with Crippen molar-refractivity contribution in [3.05, 3.63) is 35.8 Å². The highest BCUT2D eigenvalue weighted by molar-refractivity contribution is 7.93. The smallest absolute Gasteiger partial charge is 0.265 e. The zero-order valence-corrected chi connectivity index (χ0v) is 12.2. The number of rotatable bonds is 5. The largest absolute Gasteiger partial charge is 0.494 e. The molecule has 2 aromatic rings. The van der Waals surface area contributed by atoms with Gasteiger partial charge in [-0.2, -0.15) is 0 Å². The van der Waals surface area contributed by atoms with Crippen LogP contribution in [0.25, 0.3) is 0 Å². The van der Waals surface area contributed by atoms with Gasteiger partial charge >= 0.3 is 0 Å². The molecule has 0 aliphatic carbocycles. The third kappa shape index (κ3) is 2.87. The second-order valence-corrected chi connectivity index (χ2v) is 6.53. The maximum atomic E-state index is 12.4. The van der Waals surface area contributed by atoms with Crippen LogP contribution in [0.1, 0.15) is 6.92 Å². The molecule has 0 amide bonds. The van der Waals surface area contributed by atoms with Crippen molar-refractivity contribution in [2.24, 2.45) is 0 Å². The van der Waals surface area contributed by atoms with Crippen molar-refractivity contribution in [3.8, 4) is 5.75 Å². The molecule has 0 atom stereocenters. The van der Waals surface area contributed by atoms with E-state index in [2.05, 4.69) is 4.98 Å². The Bertz CT molecular complexity index is 622. The van der Waals surface area contributed by atoms with E-state index < -0.39 is 10.0 Å².